The number of rotatable bonds is 5. The highest BCUT2D eigenvalue weighted by Gasteiger charge is 2.12. The number of alkyl halides is 1. The largest absolute Gasteiger partial charge is 0.488 e. The molecule has 1 aromatic heterocycles. The number of nitro benzene ring substituents is 1. The number of non-ortho nitro benzene ring substituents is 1. The lowest BCUT2D eigenvalue weighted by Crippen LogP contribution is -2.02. The van der Waals surface area contributed by atoms with Gasteiger partial charge in [-0.25, -0.2) is 4.98 Å². The van der Waals surface area contributed by atoms with Gasteiger partial charge >= 0.3 is 0 Å². The van der Waals surface area contributed by atoms with Gasteiger partial charge in [0.05, 0.1) is 10.8 Å². The van der Waals surface area contributed by atoms with Gasteiger partial charge in [0.15, 0.2) is 0 Å². The molecule has 106 valence electrons. The zero-order chi connectivity index (χ0) is 15.2. The predicted octanol–water partition coefficient (Wildman–Crippen LogP) is 3.18. The van der Waals surface area contributed by atoms with Crippen molar-refractivity contribution >= 4 is 17.3 Å². The van der Waals surface area contributed by atoms with E-state index < -0.39 is 4.92 Å². The van der Waals surface area contributed by atoms with Crippen molar-refractivity contribution < 1.29 is 9.66 Å². The third-order valence-electron chi connectivity index (χ3n) is 2.78. The first kappa shape index (κ1) is 14.8. The quantitative estimate of drug-likeness (QED) is 0.481. The van der Waals surface area contributed by atoms with Crippen LogP contribution in [0.1, 0.15) is 16.8 Å². The number of pyridine rings is 1. The van der Waals surface area contributed by atoms with Gasteiger partial charge in [0.1, 0.15) is 24.1 Å². The summed E-state index contributed by atoms with van der Waals surface area (Å²) in [5, 5.41) is 19.7. The molecule has 21 heavy (non-hydrogen) atoms. The molecule has 0 radical (unpaired) electrons. The second-order valence-corrected chi connectivity index (χ2v) is 4.36. The Kier molecular flexibility index (Phi) is 4.69. The maximum absolute atomic E-state index is 10.7. The minimum Gasteiger partial charge on any atom is -0.488 e. The topological polar surface area (TPSA) is 89.0 Å². The van der Waals surface area contributed by atoms with Crippen molar-refractivity contribution in [3.63, 3.8) is 0 Å². The Morgan fingerprint density at radius 1 is 1.38 bits per heavy atom. The lowest BCUT2D eigenvalue weighted by Gasteiger charge is -2.10. The van der Waals surface area contributed by atoms with Crippen LogP contribution >= 0.6 is 11.6 Å². The highest BCUT2D eigenvalue weighted by molar-refractivity contribution is 6.17. The highest BCUT2D eigenvalue weighted by Crippen LogP contribution is 2.26. The molecule has 6 nitrogen and oxygen atoms in total. The summed E-state index contributed by atoms with van der Waals surface area (Å²) in [6.45, 7) is 0.137. The molecule has 0 atom stereocenters. The summed E-state index contributed by atoms with van der Waals surface area (Å²) >= 11 is 5.78. The molecule has 0 fully saturated rings. The van der Waals surface area contributed by atoms with Crippen LogP contribution in [0.3, 0.4) is 0 Å². The molecule has 0 bridgehead atoms. The van der Waals surface area contributed by atoms with E-state index >= 15 is 0 Å². The Labute approximate surface area is 125 Å². The molecule has 2 rings (SSSR count). The molecule has 1 aromatic carbocycles. The van der Waals surface area contributed by atoms with Gasteiger partial charge in [0.2, 0.25) is 0 Å². The van der Waals surface area contributed by atoms with Crippen molar-refractivity contribution in [3.8, 4) is 11.8 Å². The lowest BCUT2D eigenvalue weighted by molar-refractivity contribution is -0.384. The van der Waals surface area contributed by atoms with Crippen molar-refractivity contribution in [2.24, 2.45) is 0 Å². The van der Waals surface area contributed by atoms with Gasteiger partial charge in [0, 0.05) is 29.5 Å². The third kappa shape index (κ3) is 3.46. The number of nitriles is 1. The van der Waals surface area contributed by atoms with E-state index in [2.05, 4.69) is 4.98 Å². The van der Waals surface area contributed by atoms with Gasteiger partial charge in [-0.3, -0.25) is 10.1 Å². The first-order valence-corrected chi connectivity index (χ1v) is 6.49. The van der Waals surface area contributed by atoms with Crippen molar-refractivity contribution in [3.05, 3.63) is 63.5 Å². The summed E-state index contributed by atoms with van der Waals surface area (Å²) in [5.74, 6) is 0.540. The standard InChI is InChI=1S/C14H10ClN3O3/c15-7-11-6-12(18(19)20)3-4-14(11)21-9-10-2-1-5-17-13(10)8-16/h1-6H,7,9H2. The molecule has 0 aliphatic rings. The van der Waals surface area contributed by atoms with Crippen molar-refractivity contribution in [2.75, 3.05) is 0 Å². The maximum Gasteiger partial charge on any atom is 0.270 e. The van der Waals surface area contributed by atoms with Gasteiger partial charge in [-0.1, -0.05) is 6.07 Å². The Hall–Kier alpha value is -2.65. The summed E-state index contributed by atoms with van der Waals surface area (Å²) < 4.78 is 5.59. The fourth-order valence-corrected chi connectivity index (χ4v) is 1.94. The summed E-state index contributed by atoms with van der Waals surface area (Å²) in [6.07, 6.45) is 1.53. The van der Waals surface area contributed by atoms with Crippen molar-refractivity contribution in [1.29, 1.82) is 5.26 Å². The highest BCUT2D eigenvalue weighted by atomic mass is 35.5. The van der Waals surface area contributed by atoms with Crippen LogP contribution in [0.2, 0.25) is 0 Å². The van der Waals surface area contributed by atoms with Crippen LogP contribution in [0, 0.1) is 21.4 Å². The average molecular weight is 304 g/mol. The minimum absolute atomic E-state index is 0.0444. The molecule has 0 aliphatic heterocycles. The van der Waals surface area contributed by atoms with Gasteiger partial charge in [-0.2, -0.15) is 5.26 Å². The molecule has 0 spiro atoms. The Balaban J connectivity index is 2.20. The molecule has 0 unspecified atom stereocenters. The molecular formula is C14H10ClN3O3. The summed E-state index contributed by atoms with van der Waals surface area (Å²) in [5.41, 5.74) is 1.40. The number of halogens is 1. The first-order chi connectivity index (χ1) is 10.2. The van der Waals surface area contributed by atoms with E-state index in [0.29, 0.717) is 16.9 Å². The normalized spacial score (nSPS) is 9.90. The third-order valence-corrected chi connectivity index (χ3v) is 3.07. The molecular weight excluding hydrogens is 294 g/mol. The molecule has 0 N–H and O–H groups in total. The summed E-state index contributed by atoms with van der Waals surface area (Å²) in [6, 6.07) is 9.63. The number of ether oxygens (including phenoxy) is 1. The number of hydrogen-bond donors (Lipinski definition) is 0. The van der Waals surface area contributed by atoms with E-state index in [1.165, 1.54) is 24.4 Å². The second-order valence-electron chi connectivity index (χ2n) is 4.09. The molecule has 0 amide bonds. The molecule has 7 heteroatoms. The number of benzene rings is 1. The molecule has 1 heterocycles. The molecule has 0 saturated heterocycles. The minimum atomic E-state index is -0.491. The molecule has 2 aromatic rings. The van der Waals surface area contributed by atoms with Gasteiger partial charge in [-0.05, 0) is 12.1 Å². The summed E-state index contributed by atoms with van der Waals surface area (Å²) in [7, 11) is 0. The SMILES string of the molecule is N#Cc1ncccc1COc1ccc([N+](=O)[O-])cc1CCl. The van der Waals surface area contributed by atoms with Crippen LogP contribution in [-0.4, -0.2) is 9.91 Å². The molecule has 0 aliphatic carbocycles. The van der Waals surface area contributed by atoms with E-state index in [0.717, 1.165) is 0 Å². The smallest absolute Gasteiger partial charge is 0.270 e. The van der Waals surface area contributed by atoms with Crippen LogP contribution in [-0.2, 0) is 12.5 Å². The number of nitrogens with zero attached hydrogens (tertiary/aromatic N) is 3. The van der Waals surface area contributed by atoms with Crippen LogP contribution < -0.4 is 4.74 Å². The number of aromatic nitrogens is 1. The van der Waals surface area contributed by atoms with Crippen molar-refractivity contribution in [1.82, 2.24) is 4.98 Å². The zero-order valence-electron chi connectivity index (χ0n) is 10.8. The van der Waals surface area contributed by atoms with Crippen LogP contribution in [0.15, 0.2) is 36.5 Å². The Bertz CT molecular complexity index is 713. The van der Waals surface area contributed by atoms with E-state index in [9.17, 15) is 10.1 Å². The Morgan fingerprint density at radius 3 is 2.86 bits per heavy atom. The van der Waals surface area contributed by atoms with E-state index in [1.807, 2.05) is 6.07 Å². The second kappa shape index (κ2) is 6.68. The van der Waals surface area contributed by atoms with Gasteiger partial charge in [-0.15, -0.1) is 11.6 Å². The first-order valence-electron chi connectivity index (χ1n) is 5.95. The number of nitro groups is 1. The monoisotopic (exact) mass is 303 g/mol. The van der Waals surface area contributed by atoms with E-state index in [1.54, 1.807) is 12.1 Å². The van der Waals surface area contributed by atoms with E-state index in [4.69, 9.17) is 21.6 Å². The van der Waals surface area contributed by atoms with Crippen molar-refractivity contribution in [2.45, 2.75) is 12.5 Å². The van der Waals surface area contributed by atoms with Crippen LogP contribution in [0.25, 0.3) is 0 Å². The maximum atomic E-state index is 10.7. The predicted molar refractivity (Wildman–Crippen MR) is 75.9 cm³/mol. The number of hydrogen-bond acceptors (Lipinski definition) is 5. The van der Waals surface area contributed by atoms with Gasteiger partial charge < -0.3 is 4.74 Å². The van der Waals surface area contributed by atoms with E-state index in [-0.39, 0.29) is 23.9 Å². The molecule has 0 saturated carbocycles. The zero-order valence-corrected chi connectivity index (χ0v) is 11.6. The Morgan fingerprint density at radius 2 is 2.19 bits per heavy atom. The van der Waals surface area contributed by atoms with Crippen LogP contribution in [0.4, 0.5) is 5.69 Å². The fourth-order valence-electron chi connectivity index (χ4n) is 1.74. The lowest BCUT2D eigenvalue weighted by atomic mass is 10.2. The van der Waals surface area contributed by atoms with Crippen LogP contribution in [0.5, 0.6) is 5.75 Å². The summed E-state index contributed by atoms with van der Waals surface area (Å²) in [4.78, 5) is 14.2. The fraction of sp³-hybridized carbons (Fsp3) is 0.143. The average Bonchev–Trinajstić information content (AvgIpc) is 2.52. The van der Waals surface area contributed by atoms with Gasteiger partial charge in [0.25, 0.3) is 5.69 Å².